The Balaban J connectivity index is 1.65. The Kier molecular flexibility index (Phi) is 9.45. The minimum absolute atomic E-state index is 0.00724. The number of carbonyl (C=O) groups is 3. The second kappa shape index (κ2) is 13.2. The van der Waals surface area contributed by atoms with Crippen LogP contribution in [0.25, 0.3) is 12.2 Å². The molecule has 3 aromatic rings. The van der Waals surface area contributed by atoms with E-state index in [0.29, 0.717) is 45.0 Å². The highest BCUT2D eigenvalue weighted by Gasteiger charge is 2.23. The van der Waals surface area contributed by atoms with Crippen molar-refractivity contribution in [2.45, 2.75) is 6.54 Å². The summed E-state index contributed by atoms with van der Waals surface area (Å²) >= 11 is 5.55. The first-order chi connectivity index (χ1) is 19.7. The first-order valence-corrected chi connectivity index (χ1v) is 13.1. The smallest absolute Gasteiger partial charge is 0.246 e. The Labute approximate surface area is 241 Å². The van der Waals surface area contributed by atoms with Gasteiger partial charge >= 0.3 is 0 Å². The number of aliphatic carboxylic acids is 1. The molecule has 212 valence electrons. The van der Waals surface area contributed by atoms with Crippen molar-refractivity contribution in [2.24, 2.45) is 0 Å². The maximum atomic E-state index is 12.2. The summed E-state index contributed by atoms with van der Waals surface area (Å²) in [5.74, 6) is -2.10. The van der Waals surface area contributed by atoms with E-state index in [-0.39, 0.29) is 18.7 Å². The maximum Gasteiger partial charge on any atom is 0.246 e. The lowest BCUT2D eigenvalue weighted by Crippen LogP contribution is -2.37. The predicted octanol–water partition coefficient (Wildman–Crippen LogP) is -1.32. The fraction of sp³-hybridized carbons (Fsp3) is 0.200. The molecule has 11 heteroatoms. The number of carboxylic acids is 2. The van der Waals surface area contributed by atoms with Crippen LogP contribution in [0, 0.1) is 0 Å². The number of rotatable bonds is 12. The normalized spacial score (nSPS) is 11.6. The number of nitrogens with one attached hydrogen (secondary N) is 3. The number of thiocarbonyl (C=S) groups is 1. The molecule has 0 bridgehead atoms. The van der Waals surface area contributed by atoms with Crippen LogP contribution in [0.3, 0.4) is 0 Å². The van der Waals surface area contributed by atoms with Crippen LogP contribution in [0.4, 0.5) is 0 Å². The molecule has 0 saturated carbocycles. The van der Waals surface area contributed by atoms with E-state index in [1.807, 2.05) is 37.4 Å². The summed E-state index contributed by atoms with van der Waals surface area (Å²) in [6.45, 7) is 3.99. The lowest BCUT2D eigenvalue weighted by molar-refractivity contribution is -0.309. The molecule has 41 heavy (non-hydrogen) atoms. The monoisotopic (exact) mass is 573 g/mol. The van der Waals surface area contributed by atoms with Crippen LogP contribution in [0.5, 0.6) is 11.5 Å². The second-order valence-electron chi connectivity index (χ2n) is 9.19. The second-order valence-corrected chi connectivity index (χ2v) is 9.60. The van der Waals surface area contributed by atoms with Gasteiger partial charge in [-0.25, -0.2) is 0 Å². The summed E-state index contributed by atoms with van der Waals surface area (Å²) in [6.07, 6.45) is 0. The molecule has 3 N–H and O–H groups in total. The van der Waals surface area contributed by atoms with Crippen molar-refractivity contribution in [1.29, 1.82) is 0 Å². The van der Waals surface area contributed by atoms with Gasteiger partial charge in [-0.1, -0.05) is 55.2 Å². The molecule has 3 aromatic carbocycles. The molecule has 1 aliphatic heterocycles. The Morgan fingerprint density at radius 1 is 0.927 bits per heavy atom. The van der Waals surface area contributed by atoms with E-state index in [9.17, 15) is 24.6 Å². The molecule has 1 aliphatic rings. The maximum absolute atomic E-state index is 12.2. The topological polar surface area (TPSA) is 152 Å². The molecule has 1 amide bonds. The van der Waals surface area contributed by atoms with Crippen molar-refractivity contribution in [1.82, 2.24) is 16.0 Å². The van der Waals surface area contributed by atoms with E-state index in [4.69, 9.17) is 17.0 Å². The van der Waals surface area contributed by atoms with Crippen molar-refractivity contribution in [3.05, 3.63) is 92.9 Å². The Bertz CT molecular complexity index is 1640. The lowest BCUT2D eigenvalue weighted by atomic mass is 9.88. The number of aromatic carboxylic acids is 1. The van der Waals surface area contributed by atoms with Crippen LogP contribution in [0.15, 0.2) is 54.6 Å². The molecule has 0 saturated heterocycles. The van der Waals surface area contributed by atoms with E-state index in [1.165, 1.54) is 6.07 Å². The molecule has 0 spiro atoms. The molecular weight excluding hydrogens is 546 g/mol. The quantitative estimate of drug-likeness (QED) is 0.138. The first-order valence-electron chi connectivity index (χ1n) is 12.6. The van der Waals surface area contributed by atoms with Crippen LogP contribution in [0.2, 0.25) is 0 Å². The van der Waals surface area contributed by atoms with Gasteiger partial charge < -0.3 is 45.2 Å². The first kappa shape index (κ1) is 29.4. The number of hydrogen-bond acceptors (Lipinski definition) is 9. The number of benzene rings is 3. The summed E-state index contributed by atoms with van der Waals surface area (Å²) in [4.78, 5) is 34.7. The van der Waals surface area contributed by atoms with Crippen molar-refractivity contribution in [2.75, 3.05) is 33.4 Å². The summed E-state index contributed by atoms with van der Waals surface area (Å²) < 4.78 is 10.9. The van der Waals surface area contributed by atoms with Gasteiger partial charge in [0.05, 0.1) is 18.5 Å². The highest BCUT2D eigenvalue weighted by Crippen LogP contribution is 2.37. The number of ether oxygens (including phenoxy) is 2. The van der Waals surface area contributed by atoms with Crippen molar-refractivity contribution < 1.29 is 34.1 Å². The number of fused-ring (bicyclic) bond motifs is 2. The van der Waals surface area contributed by atoms with Crippen LogP contribution in [-0.4, -0.2) is 56.2 Å². The molecule has 0 unspecified atom stereocenters. The Morgan fingerprint density at radius 3 is 2.44 bits per heavy atom. The summed E-state index contributed by atoms with van der Waals surface area (Å²) in [5, 5.41) is 32.8. The van der Waals surface area contributed by atoms with Gasteiger partial charge in [-0.05, 0) is 41.6 Å². The fourth-order valence-electron chi connectivity index (χ4n) is 4.41. The zero-order valence-corrected chi connectivity index (χ0v) is 23.0. The molecule has 0 radical (unpaired) electrons. The third-order valence-corrected chi connectivity index (χ3v) is 6.57. The van der Waals surface area contributed by atoms with Crippen molar-refractivity contribution >= 4 is 47.2 Å². The molecule has 0 aromatic heterocycles. The molecular formula is C30H27N3O7S-2. The van der Waals surface area contributed by atoms with Gasteiger partial charge in [0.1, 0.15) is 23.1 Å². The fourth-order valence-corrected chi connectivity index (χ4v) is 4.64. The highest BCUT2D eigenvalue weighted by atomic mass is 32.1. The van der Waals surface area contributed by atoms with Gasteiger partial charge in [-0.15, -0.1) is 0 Å². The summed E-state index contributed by atoms with van der Waals surface area (Å²) in [5.41, 5.74) is 3.34. The summed E-state index contributed by atoms with van der Waals surface area (Å²) in [6, 6.07) is 16.0. The molecule has 4 rings (SSSR count). The molecule has 0 atom stereocenters. The largest absolute Gasteiger partial charge is 0.548 e. The zero-order valence-electron chi connectivity index (χ0n) is 22.2. The third-order valence-electron chi connectivity index (χ3n) is 6.19. The third kappa shape index (κ3) is 7.14. The van der Waals surface area contributed by atoms with Gasteiger partial charge in [-0.2, -0.15) is 0 Å². The zero-order chi connectivity index (χ0) is 29.5. The van der Waals surface area contributed by atoms with Gasteiger partial charge in [0.25, 0.3) is 0 Å². The van der Waals surface area contributed by atoms with E-state index in [1.54, 1.807) is 18.2 Å². The molecule has 0 fully saturated rings. The number of carboxylic acid groups (broad SMARTS) is 2. The van der Waals surface area contributed by atoms with Gasteiger partial charge in [-0.3, -0.25) is 4.79 Å². The highest BCUT2D eigenvalue weighted by molar-refractivity contribution is 7.80. The van der Waals surface area contributed by atoms with Gasteiger partial charge in [0, 0.05) is 47.1 Å². The van der Waals surface area contributed by atoms with Crippen molar-refractivity contribution in [3.63, 3.8) is 0 Å². The average molecular weight is 574 g/mol. The molecule has 1 heterocycles. The van der Waals surface area contributed by atoms with Crippen LogP contribution < -0.4 is 41.3 Å². The minimum atomic E-state index is -1.41. The SMILES string of the molecule is C=c1ccc2c(c1)Oc1cc(CNC)ccc1C=2c1cc(C(=S)NCCNC(=O)COCC(=O)[O-])ccc1C(=O)[O-]. The van der Waals surface area contributed by atoms with E-state index >= 15 is 0 Å². The average Bonchev–Trinajstić information content (AvgIpc) is 2.93. The number of hydrogen-bond donors (Lipinski definition) is 3. The standard InChI is InChI=1S/C30H29N3O7S/c1-17-3-6-21-24(11-17)40-25-12-18(14-31-2)4-7-22(25)28(21)23-13-19(5-8-20(23)30(37)38)29(41)33-10-9-32-26(34)15-39-16-27(35)36/h3-8,11-13,31H,1,9-10,14-16H2,2H3,(H,32,34)(H,33,41)(H,35,36)(H,37,38)/p-2. The predicted molar refractivity (Wildman–Crippen MR) is 151 cm³/mol. The molecule has 0 aliphatic carbocycles. The van der Waals surface area contributed by atoms with Crippen LogP contribution >= 0.6 is 12.2 Å². The summed E-state index contributed by atoms with van der Waals surface area (Å²) in [7, 11) is 1.85. The van der Waals surface area contributed by atoms with Crippen LogP contribution in [0.1, 0.15) is 32.6 Å². The lowest BCUT2D eigenvalue weighted by Gasteiger charge is -2.24. The van der Waals surface area contributed by atoms with E-state index in [2.05, 4.69) is 27.3 Å². The van der Waals surface area contributed by atoms with Crippen LogP contribution in [-0.2, 0) is 20.9 Å². The van der Waals surface area contributed by atoms with Gasteiger partial charge in [0.2, 0.25) is 5.91 Å². The number of carbonyl (C=O) groups excluding carboxylic acids is 3. The van der Waals surface area contributed by atoms with E-state index in [0.717, 1.165) is 16.3 Å². The Hall–Kier alpha value is -4.58. The van der Waals surface area contributed by atoms with Gasteiger partial charge in [0.15, 0.2) is 0 Å². The minimum Gasteiger partial charge on any atom is -0.548 e. The van der Waals surface area contributed by atoms with Crippen molar-refractivity contribution in [3.8, 4) is 11.5 Å². The Morgan fingerprint density at radius 2 is 1.71 bits per heavy atom. The molecule has 10 nitrogen and oxygen atoms in total. The number of amides is 1. The van der Waals surface area contributed by atoms with E-state index < -0.39 is 31.1 Å².